The van der Waals surface area contributed by atoms with Crippen LogP contribution in [0.2, 0.25) is 0 Å². The van der Waals surface area contributed by atoms with Crippen LogP contribution in [0.25, 0.3) is 6.08 Å². The number of nitrogen functional groups attached to an aromatic ring is 2. The zero-order chi connectivity index (χ0) is 27.7. The van der Waals surface area contributed by atoms with Crippen LogP contribution >= 0.6 is 0 Å². The van der Waals surface area contributed by atoms with E-state index in [9.17, 15) is 27.2 Å². The highest BCUT2D eigenvalue weighted by Gasteiger charge is 2.26. The molecule has 0 bridgehead atoms. The highest BCUT2D eigenvalue weighted by Crippen LogP contribution is 2.23. The van der Waals surface area contributed by atoms with E-state index < -0.39 is 30.4 Å². The first-order chi connectivity index (χ1) is 18.0. The van der Waals surface area contributed by atoms with Crippen LogP contribution in [0.4, 0.5) is 28.9 Å². The monoisotopic (exact) mass is 532 g/mol. The Balaban J connectivity index is 1.49. The number of alkyl halides is 3. The van der Waals surface area contributed by atoms with Crippen LogP contribution in [0.15, 0.2) is 66.7 Å². The van der Waals surface area contributed by atoms with Gasteiger partial charge in [0.15, 0.2) is 0 Å². The predicted molar refractivity (Wildman–Crippen MR) is 133 cm³/mol. The van der Waals surface area contributed by atoms with E-state index in [1.54, 1.807) is 30.3 Å². The lowest BCUT2D eigenvalue weighted by Gasteiger charge is -2.10. The summed E-state index contributed by atoms with van der Waals surface area (Å²) in [6.07, 6.45) is -2.88. The largest absolute Gasteiger partial charge is 0.493 e. The van der Waals surface area contributed by atoms with Crippen LogP contribution in [0.3, 0.4) is 0 Å². The molecule has 0 unspecified atom stereocenters. The number of anilines is 2. The van der Waals surface area contributed by atoms with Gasteiger partial charge >= 0.3 is 18.1 Å². The average Bonchev–Trinajstić information content (AvgIpc) is 2.85. The first-order valence-electron chi connectivity index (χ1n) is 11.3. The Hall–Kier alpha value is -4.54. The van der Waals surface area contributed by atoms with Crippen molar-refractivity contribution >= 4 is 29.4 Å². The molecular weight excluding hydrogens is 508 g/mol. The van der Waals surface area contributed by atoms with Crippen molar-refractivity contribution in [1.82, 2.24) is 0 Å². The van der Waals surface area contributed by atoms with E-state index in [0.29, 0.717) is 22.5 Å². The number of halogens is 4. The summed E-state index contributed by atoms with van der Waals surface area (Å²) in [6, 6.07) is 14.2. The van der Waals surface area contributed by atoms with Gasteiger partial charge in [-0.15, -0.1) is 0 Å². The number of hydrogen-bond donors (Lipinski definition) is 2. The second-order valence-corrected chi connectivity index (χ2v) is 8.07. The van der Waals surface area contributed by atoms with Gasteiger partial charge in [0.25, 0.3) is 0 Å². The number of esters is 2. The van der Waals surface area contributed by atoms with Crippen LogP contribution in [-0.4, -0.2) is 24.7 Å². The lowest BCUT2D eigenvalue weighted by atomic mass is 10.2. The molecule has 38 heavy (non-hydrogen) atoms. The summed E-state index contributed by atoms with van der Waals surface area (Å²) < 4.78 is 66.2. The van der Waals surface area contributed by atoms with E-state index in [-0.39, 0.29) is 36.7 Å². The molecule has 200 valence electrons. The summed E-state index contributed by atoms with van der Waals surface area (Å²) in [5.74, 6) is -2.39. The molecule has 0 spiro atoms. The Morgan fingerprint density at radius 3 is 2.29 bits per heavy atom. The van der Waals surface area contributed by atoms with Crippen molar-refractivity contribution in [2.45, 2.75) is 25.6 Å². The van der Waals surface area contributed by atoms with Crippen molar-refractivity contribution in [2.24, 2.45) is 0 Å². The van der Waals surface area contributed by atoms with Gasteiger partial charge in [-0.2, -0.15) is 13.2 Å². The quantitative estimate of drug-likeness (QED) is 0.0862. The third-order valence-corrected chi connectivity index (χ3v) is 5.08. The van der Waals surface area contributed by atoms with E-state index in [1.165, 1.54) is 30.4 Å². The summed E-state index contributed by atoms with van der Waals surface area (Å²) >= 11 is 0. The SMILES string of the molecule is Nc1ccc(COC(=O)C=Cc2ccc(OC(=O)c3ccc(OCCCC(F)(F)F)cc3F)cc2)c(N)c1. The van der Waals surface area contributed by atoms with E-state index >= 15 is 0 Å². The highest BCUT2D eigenvalue weighted by atomic mass is 19.4. The maximum Gasteiger partial charge on any atom is 0.389 e. The first-order valence-corrected chi connectivity index (χ1v) is 11.3. The van der Waals surface area contributed by atoms with Gasteiger partial charge in [0.1, 0.15) is 23.9 Å². The van der Waals surface area contributed by atoms with Gasteiger partial charge in [0, 0.05) is 35.5 Å². The number of benzene rings is 3. The second-order valence-electron chi connectivity index (χ2n) is 8.07. The van der Waals surface area contributed by atoms with Gasteiger partial charge in [-0.25, -0.2) is 14.0 Å². The van der Waals surface area contributed by atoms with Gasteiger partial charge in [-0.05, 0) is 54.5 Å². The number of carbonyl (C=O) groups excluding carboxylic acids is 2. The Bertz CT molecular complexity index is 1310. The van der Waals surface area contributed by atoms with Gasteiger partial charge in [-0.1, -0.05) is 18.2 Å². The molecule has 0 saturated heterocycles. The van der Waals surface area contributed by atoms with Crippen molar-refractivity contribution in [3.8, 4) is 11.5 Å². The van der Waals surface area contributed by atoms with E-state index in [2.05, 4.69) is 0 Å². The molecule has 3 rings (SSSR count). The van der Waals surface area contributed by atoms with Crippen LogP contribution in [0.1, 0.15) is 34.3 Å². The van der Waals surface area contributed by atoms with Gasteiger partial charge in [-0.3, -0.25) is 0 Å². The van der Waals surface area contributed by atoms with Gasteiger partial charge in [0.2, 0.25) is 0 Å². The van der Waals surface area contributed by atoms with Crippen LogP contribution < -0.4 is 20.9 Å². The number of nitrogens with two attached hydrogens (primary N) is 2. The molecule has 0 aliphatic heterocycles. The number of carbonyl (C=O) groups is 2. The minimum Gasteiger partial charge on any atom is -0.493 e. The normalized spacial score (nSPS) is 11.4. The lowest BCUT2D eigenvalue weighted by Crippen LogP contribution is -2.11. The van der Waals surface area contributed by atoms with Crippen molar-refractivity contribution in [3.63, 3.8) is 0 Å². The Kier molecular flexibility index (Phi) is 9.31. The van der Waals surface area contributed by atoms with E-state index in [1.807, 2.05) is 0 Å². The molecule has 3 aromatic carbocycles. The van der Waals surface area contributed by atoms with Crippen LogP contribution in [-0.2, 0) is 16.1 Å². The van der Waals surface area contributed by atoms with Crippen molar-refractivity contribution in [1.29, 1.82) is 0 Å². The third kappa shape index (κ3) is 8.84. The molecule has 0 fully saturated rings. The van der Waals surface area contributed by atoms with Gasteiger partial charge < -0.3 is 25.7 Å². The Labute approximate surface area is 215 Å². The molecule has 3 aromatic rings. The maximum atomic E-state index is 14.3. The summed E-state index contributed by atoms with van der Waals surface area (Å²) in [7, 11) is 0. The molecular formula is C27H24F4N2O5. The Morgan fingerprint density at radius 2 is 1.63 bits per heavy atom. The third-order valence-electron chi connectivity index (χ3n) is 5.08. The molecule has 0 aliphatic rings. The summed E-state index contributed by atoms with van der Waals surface area (Å²) in [5, 5.41) is 0. The second kappa shape index (κ2) is 12.6. The lowest BCUT2D eigenvalue weighted by molar-refractivity contribution is -0.139. The highest BCUT2D eigenvalue weighted by molar-refractivity contribution is 5.91. The minimum atomic E-state index is -4.29. The molecule has 0 radical (unpaired) electrons. The topological polar surface area (TPSA) is 114 Å². The standard InChI is InChI=1S/C27H24F4N2O5/c28-23-15-21(36-13-1-12-27(29,30)31)9-10-22(23)26(35)38-20-7-2-17(3-8-20)4-11-25(34)37-16-18-5-6-19(32)14-24(18)33/h2-11,14-15H,1,12-13,16,32-33H2. The van der Waals surface area contributed by atoms with Crippen molar-refractivity contribution in [3.05, 3.63) is 89.2 Å². The molecule has 0 atom stereocenters. The molecule has 0 aliphatic carbocycles. The molecule has 0 aromatic heterocycles. The predicted octanol–water partition coefficient (Wildman–Crippen LogP) is 5.69. The molecule has 7 nitrogen and oxygen atoms in total. The van der Waals surface area contributed by atoms with Crippen molar-refractivity contribution in [2.75, 3.05) is 18.1 Å². The summed E-state index contributed by atoms with van der Waals surface area (Å²) in [6.45, 7) is -0.273. The molecule has 11 heteroatoms. The minimum absolute atomic E-state index is 0.00664. The van der Waals surface area contributed by atoms with Gasteiger partial charge in [0.05, 0.1) is 12.2 Å². The number of ether oxygens (including phenoxy) is 3. The van der Waals surface area contributed by atoms with E-state index in [0.717, 1.165) is 12.1 Å². The fourth-order valence-corrected chi connectivity index (χ4v) is 3.13. The maximum absolute atomic E-state index is 14.3. The zero-order valence-electron chi connectivity index (χ0n) is 20.0. The van der Waals surface area contributed by atoms with Crippen LogP contribution in [0, 0.1) is 5.82 Å². The number of rotatable bonds is 10. The van der Waals surface area contributed by atoms with Crippen LogP contribution in [0.5, 0.6) is 11.5 Å². The Morgan fingerprint density at radius 1 is 0.921 bits per heavy atom. The fourth-order valence-electron chi connectivity index (χ4n) is 3.13. The molecule has 0 saturated carbocycles. The summed E-state index contributed by atoms with van der Waals surface area (Å²) in [5.41, 5.74) is 13.2. The molecule has 0 heterocycles. The fraction of sp³-hybridized carbons (Fsp3) is 0.185. The summed E-state index contributed by atoms with van der Waals surface area (Å²) in [4.78, 5) is 24.3. The zero-order valence-corrected chi connectivity index (χ0v) is 20.0. The average molecular weight is 532 g/mol. The number of hydrogen-bond acceptors (Lipinski definition) is 7. The molecule has 4 N–H and O–H groups in total. The van der Waals surface area contributed by atoms with E-state index in [4.69, 9.17) is 25.7 Å². The smallest absolute Gasteiger partial charge is 0.389 e. The van der Waals surface area contributed by atoms with Crippen molar-refractivity contribution < 1.29 is 41.4 Å². The first kappa shape index (κ1) is 28.0. The molecule has 0 amide bonds.